The molecule has 2 aromatic heterocycles. The maximum atomic E-state index is 8.91. The Hall–Kier alpha value is -1.97. The van der Waals surface area contributed by atoms with Gasteiger partial charge in [-0.15, -0.1) is 5.10 Å². The summed E-state index contributed by atoms with van der Waals surface area (Å²) in [6, 6.07) is 9.22. The predicted molar refractivity (Wildman–Crippen MR) is 73.6 cm³/mol. The Morgan fingerprint density at radius 1 is 1.32 bits per heavy atom. The molecule has 0 N–H and O–H groups in total. The number of fused-ring (bicyclic) bond motifs is 1. The minimum absolute atomic E-state index is 0.262. The van der Waals surface area contributed by atoms with Crippen LogP contribution in [0.3, 0.4) is 0 Å². The molecule has 2 heterocycles. The summed E-state index contributed by atoms with van der Waals surface area (Å²) in [6.07, 6.45) is 1.72. The molecule has 0 fully saturated rings. The minimum Gasteiger partial charge on any atom is -0.231 e. The molecule has 3 aromatic rings. The van der Waals surface area contributed by atoms with Crippen LogP contribution in [0.2, 0.25) is 5.15 Å². The molecule has 0 bridgehead atoms. The quantitative estimate of drug-likeness (QED) is 0.686. The van der Waals surface area contributed by atoms with E-state index in [1.807, 2.05) is 6.07 Å². The van der Waals surface area contributed by atoms with Crippen LogP contribution in [0.5, 0.6) is 0 Å². The average molecular weight is 335 g/mol. The van der Waals surface area contributed by atoms with E-state index in [9.17, 15) is 0 Å². The van der Waals surface area contributed by atoms with E-state index in [2.05, 4.69) is 37.1 Å². The van der Waals surface area contributed by atoms with Crippen molar-refractivity contribution >= 4 is 33.2 Å². The van der Waals surface area contributed by atoms with Gasteiger partial charge in [0.2, 0.25) is 4.73 Å². The fourth-order valence-electron chi connectivity index (χ4n) is 1.72. The van der Waals surface area contributed by atoms with E-state index >= 15 is 0 Å². The highest BCUT2D eigenvalue weighted by Crippen LogP contribution is 2.23. The SMILES string of the molecule is N#Cc1cccc(-c2cn3nc(Br)nc3c(Cl)n2)c1. The van der Waals surface area contributed by atoms with Crippen LogP contribution in [-0.2, 0) is 0 Å². The Kier molecular flexibility index (Phi) is 2.93. The van der Waals surface area contributed by atoms with Gasteiger partial charge in [0.05, 0.1) is 23.5 Å². The first-order valence-corrected chi connectivity index (χ1v) is 6.43. The van der Waals surface area contributed by atoms with Crippen LogP contribution in [0.25, 0.3) is 16.9 Å². The van der Waals surface area contributed by atoms with Crippen LogP contribution >= 0.6 is 27.5 Å². The third-order valence-corrected chi connectivity index (χ3v) is 3.13. The van der Waals surface area contributed by atoms with Gasteiger partial charge >= 0.3 is 0 Å². The number of nitrogens with zero attached hydrogens (tertiary/aromatic N) is 5. The Bertz CT molecular complexity index is 821. The Balaban J connectivity index is 2.22. The van der Waals surface area contributed by atoms with E-state index in [1.54, 1.807) is 28.9 Å². The van der Waals surface area contributed by atoms with Crippen molar-refractivity contribution < 1.29 is 0 Å². The van der Waals surface area contributed by atoms with Crippen molar-refractivity contribution in [2.24, 2.45) is 0 Å². The van der Waals surface area contributed by atoms with Gasteiger partial charge in [0, 0.05) is 5.56 Å². The maximum absolute atomic E-state index is 8.91. The van der Waals surface area contributed by atoms with E-state index in [1.165, 1.54) is 0 Å². The summed E-state index contributed by atoms with van der Waals surface area (Å²) < 4.78 is 1.99. The molecular weight excluding hydrogens is 330 g/mol. The second-order valence-electron chi connectivity index (χ2n) is 3.76. The molecule has 0 aliphatic carbocycles. The number of hydrogen-bond donors (Lipinski definition) is 0. The zero-order chi connectivity index (χ0) is 13.4. The maximum Gasteiger partial charge on any atom is 0.218 e. The van der Waals surface area contributed by atoms with Crippen molar-refractivity contribution in [3.05, 3.63) is 45.9 Å². The number of rotatable bonds is 1. The highest BCUT2D eigenvalue weighted by molar-refractivity contribution is 9.10. The van der Waals surface area contributed by atoms with Crippen molar-refractivity contribution in [3.8, 4) is 17.3 Å². The van der Waals surface area contributed by atoms with Crippen LogP contribution in [0.4, 0.5) is 0 Å². The standard InChI is InChI=1S/C12H5BrClN5/c13-12-17-11-10(14)16-9(6-19(11)18-12)8-3-1-2-7(4-8)5-15/h1-4,6H. The van der Waals surface area contributed by atoms with Crippen LogP contribution in [0.15, 0.2) is 35.2 Å². The highest BCUT2D eigenvalue weighted by Gasteiger charge is 2.10. The van der Waals surface area contributed by atoms with Gasteiger partial charge in [-0.05, 0) is 28.1 Å². The van der Waals surface area contributed by atoms with Gasteiger partial charge in [0.1, 0.15) is 0 Å². The molecule has 0 atom stereocenters. The van der Waals surface area contributed by atoms with E-state index < -0.39 is 0 Å². The molecule has 3 rings (SSSR count). The Morgan fingerprint density at radius 3 is 2.95 bits per heavy atom. The largest absolute Gasteiger partial charge is 0.231 e. The topological polar surface area (TPSA) is 66.9 Å². The molecule has 0 radical (unpaired) electrons. The van der Waals surface area contributed by atoms with Crippen molar-refractivity contribution in [2.45, 2.75) is 0 Å². The van der Waals surface area contributed by atoms with Gasteiger partial charge in [0.15, 0.2) is 10.8 Å². The molecule has 1 aromatic carbocycles. The van der Waals surface area contributed by atoms with Crippen LogP contribution in [0.1, 0.15) is 5.56 Å². The van der Waals surface area contributed by atoms with Crippen molar-refractivity contribution in [2.75, 3.05) is 0 Å². The molecule has 0 saturated heterocycles. The first kappa shape index (κ1) is 12.1. The zero-order valence-corrected chi connectivity index (χ0v) is 11.7. The summed E-state index contributed by atoms with van der Waals surface area (Å²) in [7, 11) is 0. The first-order chi connectivity index (χ1) is 9.17. The van der Waals surface area contributed by atoms with Crippen LogP contribution in [0, 0.1) is 11.3 Å². The van der Waals surface area contributed by atoms with Gasteiger partial charge in [-0.1, -0.05) is 23.7 Å². The molecule has 7 heteroatoms. The molecule has 0 saturated carbocycles. The normalized spacial score (nSPS) is 10.6. The number of aromatic nitrogens is 4. The fraction of sp³-hybridized carbons (Fsp3) is 0. The summed E-state index contributed by atoms with van der Waals surface area (Å²) in [5.74, 6) is 0. The van der Waals surface area contributed by atoms with Crippen molar-refractivity contribution in [3.63, 3.8) is 0 Å². The molecule has 0 amide bonds. The summed E-state index contributed by atoms with van der Waals surface area (Å²) in [5.41, 5.74) is 2.48. The second-order valence-corrected chi connectivity index (χ2v) is 4.83. The van der Waals surface area contributed by atoms with E-state index in [-0.39, 0.29) is 5.15 Å². The smallest absolute Gasteiger partial charge is 0.218 e. The average Bonchev–Trinajstić information content (AvgIpc) is 2.80. The fourth-order valence-corrected chi connectivity index (χ4v) is 2.27. The van der Waals surface area contributed by atoms with Crippen molar-refractivity contribution in [1.29, 1.82) is 5.26 Å². The van der Waals surface area contributed by atoms with Gasteiger partial charge in [-0.2, -0.15) is 10.2 Å². The molecule has 19 heavy (non-hydrogen) atoms. The van der Waals surface area contributed by atoms with Crippen molar-refractivity contribution in [1.82, 2.24) is 19.6 Å². The van der Waals surface area contributed by atoms with Gasteiger partial charge in [0.25, 0.3) is 0 Å². The number of halogens is 2. The zero-order valence-electron chi connectivity index (χ0n) is 9.38. The minimum atomic E-state index is 0.262. The lowest BCUT2D eigenvalue weighted by molar-refractivity contribution is 0.935. The lowest BCUT2D eigenvalue weighted by atomic mass is 10.1. The second kappa shape index (κ2) is 4.61. The summed E-state index contributed by atoms with van der Waals surface area (Å²) in [6.45, 7) is 0. The Labute approximate surface area is 121 Å². The lowest BCUT2D eigenvalue weighted by Gasteiger charge is -2.02. The summed E-state index contributed by atoms with van der Waals surface area (Å²) >= 11 is 9.27. The van der Waals surface area contributed by atoms with Gasteiger partial charge in [-0.3, -0.25) is 0 Å². The van der Waals surface area contributed by atoms with Crippen LogP contribution < -0.4 is 0 Å². The molecule has 0 aliphatic heterocycles. The van der Waals surface area contributed by atoms with Gasteiger partial charge < -0.3 is 0 Å². The predicted octanol–water partition coefficient (Wildman–Crippen LogP) is 3.08. The molecular formula is C12H5BrClN5. The van der Waals surface area contributed by atoms with E-state index in [0.717, 1.165) is 5.56 Å². The third kappa shape index (κ3) is 2.18. The molecule has 0 spiro atoms. The summed E-state index contributed by atoms with van der Waals surface area (Å²) in [5, 5.41) is 13.3. The highest BCUT2D eigenvalue weighted by atomic mass is 79.9. The van der Waals surface area contributed by atoms with Gasteiger partial charge in [-0.25, -0.2) is 9.50 Å². The van der Waals surface area contributed by atoms with Crippen LogP contribution in [-0.4, -0.2) is 19.6 Å². The first-order valence-electron chi connectivity index (χ1n) is 5.26. The monoisotopic (exact) mass is 333 g/mol. The molecule has 5 nitrogen and oxygen atoms in total. The molecule has 0 unspecified atom stereocenters. The number of nitriles is 1. The Morgan fingerprint density at radius 2 is 2.16 bits per heavy atom. The number of hydrogen-bond acceptors (Lipinski definition) is 4. The van der Waals surface area contributed by atoms with E-state index in [0.29, 0.717) is 21.6 Å². The molecule has 92 valence electrons. The van der Waals surface area contributed by atoms with E-state index in [4.69, 9.17) is 16.9 Å². The summed E-state index contributed by atoms with van der Waals surface area (Å²) in [4.78, 5) is 8.38. The lowest BCUT2D eigenvalue weighted by Crippen LogP contribution is -1.94. The number of benzene rings is 1. The molecule has 0 aliphatic rings. The third-order valence-electron chi connectivity index (χ3n) is 2.54.